The molecule has 1 aliphatic carbocycles. The molecule has 1 saturated heterocycles. The van der Waals surface area contributed by atoms with E-state index in [4.69, 9.17) is 9.47 Å². The zero-order chi connectivity index (χ0) is 26.8. The van der Waals surface area contributed by atoms with E-state index in [2.05, 4.69) is 27.3 Å². The van der Waals surface area contributed by atoms with Crippen LogP contribution >= 0.6 is 0 Å². The van der Waals surface area contributed by atoms with E-state index in [1.54, 1.807) is 0 Å². The van der Waals surface area contributed by atoms with Crippen LogP contribution in [0, 0.1) is 0 Å². The number of piperazine rings is 1. The second-order valence-corrected chi connectivity index (χ2v) is 10.4. The van der Waals surface area contributed by atoms with Crippen LogP contribution in [0.3, 0.4) is 0 Å². The van der Waals surface area contributed by atoms with Gasteiger partial charge >= 0.3 is 5.69 Å². The number of hydrogen-bond donors (Lipinski definition) is 2. The molecule has 3 aliphatic rings. The predicted octanol–water partition coefficient (Wildman–Crippen LogP) is 2.62. The Bertz CT molecular complexity index is 1460. The lowest BCUT2D eigenvalue weighted by Gasteiger charge is -2.34. The van der Waals surface area contributed by atoms with Crippen LogP contribution < -0.4 is 26.0 Å². The standard InChI is InChI=1S/C29H33N5O5/c35-27(33-13-11-32(12-14-33)18-20-6-9-24-25(15-20)39-19-38-24)5-2-10-34-28(36)17-26(31-29(34)37)30-23-8-7-21-3-1-4-22(21)16-23/h6-9,15-17,30H,1-5,10-14,18-19H2,(H,31,37). The second-order valence-electron chi connectivity index (χ2n) is 10.4. The minimum absolute atomic E-state index is 0.0529. The number of aromatic nitrogens is 2. The maximum Gasteiger partial charge on any atom is 0.329 e. The van der Waals surface area contributed by atoms with Crippen LogP contribution in [0.25, 0.3) is 0 Å². The van der Waals surface area contributed by atoms with Crippen LogP contribution in [0.15, 0.2) is 52.1 Å². The normalized spacial score (nSPS) is 16.4. The fourth-order valence-corrected chi connectivity index (χ4v) is 5.60. The summed E-state index contributed by atoms with van der Waals surface area (Å²) in [7, 11) is 0. The van der Waals surface area contributed by atoms with E-state index in [-0.39, 0.29) is 24.8 Å². The van der Waals surface area contributed by atoms with Crippen molar-refractivity contribution in [1.29, 1.82) is 0 Å². The van der Waals surface area contributed by atoms with Crippen LogP contribution in [0.2, 0.25) is 0 Å². The van der Waals surface area contributed by atoms with Gasteiger partial charge in [0.15, 0.2) is 11.5 Å². The van der Waals surface area contributed by atoms with Crippen molar-refractivity contribution in [2.45, 2.75) is 45.2 Å². The molecule has 6 rings (SSSR count). The summed E-state index contributed by atoms with van der Waals surface area (Å²) in [6.07, 6.45) is 4.04. The molecule has 10 nitrogen and oxygen atoms in total. The number of anilines is 2. The number of nitrogens with zero attached hydrogens (tertiary/aromatic N) is 3. The van der Waals surface area contributed by atoms with Crippen LogP contribution in [-0.2, 0) is 30.7 Å². The van der Waals surface area contributed by atoms with E-state index >= 15 is 0 Å². The first-order chi connectivity index (χ1) is 19.0. The fourth-order valence-electron chi connectivity index (χ4n) is 5.60. The first-order valence-corrected chi connectivity index (χ1v) is 13.6. The molecule has 2 aliphatic heterocycles. The molecule has 0 spiro atoms. The molecule has 3 aromatic rings. The van der Waals surface area contributed by atoms with Gasteiger partial charge in [-0.25, -0.2) is 4.79 Å². The Morgan fingerprint density at radius 1 is 0.923 bits per heavy atom. The average Bonchev–Trinajstić information content (AvgIpc) is 3.59. The molecule has 1 fully saturated rings. The molecule has 0 radical (unpaired) electrons. The number of carbonyl (C=O) groups is 1. The summed E-state index contributed by atoms with van der Waals surface area (Å²) in [6, 6.07) is 13.5. The highest BCUT2D eigenvalue weighted by atomic mass is 16.7. The molecule has 0 atom stereocenters. The van der Waals surface area contributed by atoms with Gasteiger partial charge in [0.05, 0.1) is 0 Å². The van der Waals surface area contributed by atoms with Crippen molar-refractivity contribution in [3.05, 3.63) is 80.0 Å². The summed E-state index contributed by atoms with van der Waals surface area (Å²) in [6.45, 7) is 4.15. The summed E-state index contributed by atoms with van der Waals surface area (Å²) in [5.41, 5.74) is 3.82. The largest absolute Gasteiger partial charge is 0.454 e. The number of aromatic amines is 1. The van der Waals surface area contributed by atoms with Gasteiger partial charge in [0, 0.05) is 57.4 Å². The molecular weight excluding hydrogens is 498 g/mol. The zero-order valence-electron chi connectivity index (χ0n) is 21.9. The van der Waals surface area contributed by atoms with Crippen molar-refractivity contribution in [3.63, 3.8) is 0 Å². The van der Waals surface area contributed by atoms with E-state index in [1.165, 1.54) is 17.2 Å². The van der Waals surface area contributed by atoms with Crippen molar-refractivity contribution < 1.29 is 14.3 Å². The molecule has 2 aromatic carbocycles. The molecule has 2 N–H and O–H groups in total. The fraction of sp³-hybridized carbons (Fsp3) is 0.414. The van der Waals surface area contributed by atoms with Crippen molar-refractivity contribution in [2.24, 2.45) is 0 Å². The molecule has 0 saturated carbocycles. The molecule has 0 bridgehead atoms. The Hall–Kier alpha value is -4.05. The Morgan fingerprint density at radius 3 is 2.59 bits per heavy atom. The smallest absolute Gasteiger partial charge is 0.329 e. The van der Waals surface area contributed by atoms with Gasteiger partial charge in [0.2, 0.25) is 12.7 Å². The van der Waals surface area contributed by atoms with Crippen molar-refractivity contribution >= 4 is 17.4 Å². The van der Waals surface area contributed by atoms with Crippen LogP contribution in [0.4, 0.5) is 11.5 Å². The maximum absolute atomic E-state index is 12.8. The third kappa shape index (κ3) is 5.70. The van der Waals surface area contributed by atoms with Gasteiger partial charge < -0.3 is 19.7 Å². The minimum atomic E-state index is -0.476. The predicted molar refractivity (Wildman–Crippen MR) is 147 cm³/mol. The summed E-state index contributed by atoms with van der Waals surface area (Å²) >= 11 is 0. The van der Waals surface area contributed by atoms with E-state index in [0.29, 0.717) is 31.7 Å². The van der Waals surface area contributed by atoms with Gasteiger partial charge in [0.1, 0.15) is 5.82 Å². The van der Waals surface area contributed by atoms with E-state index in [0.717, 1.165) is 66.2 Å². The highest BCUT2D eigenvalue weighted by molar-refractivity contribution is 5.76. The number of rotatable bonds is 8. The molecule has 10 heteroatoms. The first-order valence-electron chi connectivity index (χ1n) is 13.6. The number of nitrogens with one attached hydrogen (secondary N) is 2. The quantitative estimate of drug-likeness (QED) is 0.460. The van der Waals surface area contributed by atoms with E-state index in [1.807, 2.05) is 29.2 Å². The number of hydrogen-bond acceptors (Lipinski definition) is 7. The molecule has 39 heavy (non-hydrogen) atoms. The number of amides is 1. The summed E-state index contributed by atoms with van der Waals surface area (Å²) in [4.78, 5) is 45.0. The topological polar surface area (TPSA) is 109 Å². The maximum atomic E-state index is 12.8. The van der Waals surface area contributed by atoms with Crippen LogP contribution in [0.1, 0.15) is 36.0 Å². The molecule has 0 unspecified atom stereocenters. The number of benzene rings is 2. The monoisotopic (exact) mass is 531 g/mol. The SMILES string of the molecule is O=C(CCCn1c(=O)cc(Nc2ccc3c(c2)CCC3)[nH]c1=O)N1CCN(Cc2ccc3c(c2)OCO3)CC1. The van der Waals surface area contributed by atoms with Gasteiger partial charge in [0.25, 0.3) is 5.56 Å². The number of H-pyrrole nitrogens is 1. The molecule has 1 aromatic heterocycles. The van der Waals surface area contributed by atoms with Gasteiger partial charge in [-0.1, -0.05) is 12.1 Å². The third-order valence-corrected chi connectivity index (χ3v) is 7.74. The number of ether oxygens (including phenoxy) is 2. The van der Waals surface area contributed by atoms with E-state index < -0.39 is 5.69 Å². The number of fused-ring (bicyclic) bond motifs is 2. The van der Waals surface area contributed by atoms with Crippen LogP contribution in [0.5, 0.6) is 11.5 Å². The van der Waals surface area contributed by atoms with Crippen molar-refractivity contribution in [2.75, 3.05) is 38.3 Å². The summed E-state index contributed by atoms with van der Waals surface area (Å²) < 4.78 is 12.0. The average molecular weight is 532 g/mol. The third-order valence-electron chi connectivity index (χ3n) is 7.74. The second kappa shape index (κ2) is 11.0. The molecular formula is C29H33N5O5. The Kier molecular flexibility index (Phi) is 7.10. The Morgan fingerprint density at radius 2 is 1.74 bits per heavy atom. The highest BCUT2D eigenvalue weighted by Crippen LogP contribution is 2.33. The van der Waals surface area contributed by atoms with Gasteiger partial charge in [-0.05, 0) is 66.6 Å². The molecule has 1 amide bonds. The first kappa shape index (κ1) is 25.2. The van der Waals surface area contributed by atoms with Crippen LogP contribution in [-0.4, -0.2) is 58.2 Å². The Balaban J connectivity index is 0.970. The number of aryl methyl sites for hydroxylation is 2. The molecule has 3 heterocycles. The Labute approximate surface area is 226 Å². The highest BCUT2D eigenvalue weighted by Gasteiger charge is 2.22. The summed E-state index contributed by atoms with van der Waals surface area (Å²) in [5, 5.41) is 3.14. The van der Waals surface area contributed by atoms with Crippen molar-refractivity contribution in [1.82, 2.24) is 19.4 Å². The minimum Gasteiger partial charge on any atom is -0.454 e. The van der Waals surface area contributed by atoms with E-state index in [9.17, 15) is 14.4 Å². The lowest BCUT2D eigenvalue weighted by Crippen LogP contribution is -2.48. The summed E-state index contributed by atoms with van der Waals surface area (Å²) in [5.74, 6) is 1.98. The lowest BCUT2D eigenvalue weighted by atomic mass is 10.1. The van der Waals surface area contributed by atoms with Gasteiger partial charge in [-0.3, -0.25) is 24.0 Å². The number of carbonyl (C=O) groups excluding carboxylic acids is 1. The van der Waals surface area contributed by atoms with Gasteiger partial charge in [-0.2, -0.15) is 0 Å². The molecule has 204 valence electrons. The van der Waals surface area contributed by atoms with Gasteiger partial charge in [-0.15, -0.1) is 0 Å². The van der Waals surface area contributed by atoms with Crippen molar-refractivity contribution in [3.8, 4) is 11.5 Å². The lowest BCUT2D eigenvalue weighted by molar-refractivity contribution is -0.133. The zero-order valence-corrected chi connectivity index (χ0v) is 21.9.